The van der Waals surface area contributed by atoms with Crippen molar-refractivity contribution in [3.8, 4) is 11.3 Å². The molecule has 148 valence electrons. The van der Waals surface area contributed by atoms with E-state index in [1.807, 2.05) is 30.3 Å². The van der Waals surface area contributed by atoms with Gasteiger partial charge in [-0.25, -0.2) is 14.8 Å². The number of carboxylic acid groups (broad SMARTS) is 1. The molecule has 0 spiro atoms. The molecule has 0 atom stereocenters. The number of aromatic nitrogens is 2. The van der Waals surface area contributed by atoms with E-state index in [0.717, 1.165) is 43.0 Å². The molecular formula is C23H23N3O3. The summed E-state index contributed by atoms with van der Waals surface area (Å²) < 4.78 is 0. The van der Waals surface area contributed by atoms with Crippen LogP contribution in [-0.2, 0) is 4.79 Å². The summed E-state index contributed by atoms with van der Waals surface area (Å²) in [5, 5.41) is 9.31. The van der Waals surface area contributed by atoms with Crippen LogP contribution in [0.1, 0.15) is 36.5 Å². The van der Waals surface area contributed by atoms with Crippen LogP contribution in [0.25, 0.3) is 22.3 Å². The van der Waals surface area contributed by atoms with Gasteiger partial charge in [-0.15, -0.1) is 0 Å². The summed E-state index contributed by atoms with van der Waals surface area (Å²) in [7, 11) is 0. The molecule has 1 aliphatic rings. The molecule has 6 heteroatoms. The van der Waals surface area contributed by atoms with E-state index in [9.17, 15) is 14.7 Å². The Morgan fingerprint density at radius 3 is 2.41 bits per heavy atom. The lowest BCUT2D eigenvalue weighted by Gasteiger charge is -2.33. The second-order valence-electron chi connectivity index (χ2n) is 7.61. The van der Waals surface area contributed by atoms with Gasteiger partial charge in [0.2, 0.25) is 0 Å². The van der Waals surface area contributed by atoms with Gasteiger partial charge >= 0.3 is 5.97 Å². The molecule has 4 rings (SSSR count). The Kier molecular flexibility index (Phi) is 5.25. The number of rotatable bonds is 5. The maximum Gasteiger partial charge on any atom is 0.335 e. The van der Waals surface area contributed by atoms with Gasteiger partial charge in [0.1, 0.15) is 11.5 Å². The fourth-order valence-corrected chi connectivity index (χ4v) is 3.94. The largest absolute Gasteiger partial charge is 0.478 e. The van der Waals surface area contributed by atoms with Gasteiger partial charge in [0.25, 0.3) is 0 Å². The summed E-state index contributed by atoms with van der Waals surface area (Å²) in [5.74, 6) is 0.441. The Hall–Kier alpha value is -3.28. The van der Waals surface area contributed by atoms with Gasteiger partial charge in [0.15, 0.2) is 5.82 Å². The number of nitrogens with zero attached hydrogens (tertiary/aromatic N) is 3. The molecule has 6 nitrogen and oxygen atoms in total. The van der Waals surface area contributed by atoms with Crippen LogP contribution in [0.15, 0.2) is 48.5 Å². The molecule has 1 N–H and O–H groups in total. The van der Waals surface area contributed by atoms with Crippen LogP contribution in [0.2, 0.25) is 0 Å². The Bertz CT molecular complexity index is 1060. The number of fused-ring (bicyclic) bond motifs is 1. The first-order valence-electron chi connectivity index (χ1n) is 9.86. The minimum atomic E-state index is -0.979. The standard InChI is InChI=1S/C23H23N3O3/c1-15(27)13-16-9-11-26(12-10-16)22-21(17-5-3-2-4-6-17)24-19-8-7-18(23(28)29)14-20(19)25-22/h2-8,14,16H,9-13H2,1H3,(H,28,29). The second kappa shape index (κ2) is 7.99. The average Bonchev–Trinajstić information content (AvgIpc) is 2.73. The molecule has 1 aromatic heterocycles. The van der Waals surface area contributed by atoms with Crippen molar-refractivity contribution in [2.75, 3.05) is 18.0 Å². The van der Waals surface area contributed by atoms with Crippen LogP contribution < -0.4 is 4.90 Å². The number of hydrogen-bond donors (Lipinski definition) is 1. The molecule has 29 heavy (non-hydrogen) atoms. The van der Waals surface area contributed by atoms with Crippen LogP contribution in [0.3, 0.4) is 0 Å². The predicted octanol–water partition coefficient (Wildman–Crippen LogP) is 4.19. The Labute approximate surface area is 169 Å². The second-order valence-corrected chi connectivity index (χ2v) is 7.61. The van der Waals surface area contributed by atoms with E-state index in [1.165, 1.54) is 0 Å². The third-order valence-corrected chi connectivity index (χ3v) is 5.43. The summed E-state index contributed by atoms with van der Waals surface area (Å²) in [5.41, 5.74) is 3.22. The van der Waals surface area contributed by atoms with Crippen molar-refractivity contribution in [3.63, 3.8) is 0 Å². The molecule has 0 unspecified atom stereocenters. The smallest absolute Gasteiger partial charge is 0.335 e. The molecule has 0 bridgehead atoms. The highest BCUT2D eigenvalue weighted by Gasteiger charge is 2.24. The molecule has 1 fully saturated rings. The van der Waals surface area contributed by atoms with Gasteiger partial charge in [-0.3, -0.25) is 0 Å². The SMILES string of the molecule is CC(=O)CC1CCN(c2nc3cc(C(=O)O)ccc3nc2-c2ccccc2)CC1. The number of anilines is 1. The van der Waals surface area contributed by atoms with E-state index in [0.29, 0.717) is 23.4 Å². The van der Waals surface area contributed by atoms with Gasteiger partial charge < -0.3 is 14.8 Å². The van der Waals surface area contributed by atoms with E-state index in [2.05, 4.69) is 4.90 Å². The van der Waals surface area contributed by atoms with E-state index in [1.54, 1.807) is 25.1 Å². The van der Waals surface area contributed by atoms with Crippen molar-refractivity contribution in [2.24, 2.45) is 5.92 Å². The highest BCUT2D eigenvalue weighted by Crippen LogP contribution is 2.33. The van der Waals surface area contributed by atoms with E-state index in [-0.39, 0.29) is 11.3 Å². The van der Waals surface area contributed by atoms with Crippen LogP contribution in [0.4, 0.5) is 5.82 Å². The minimum absolute atomic E-state index is 0.199. The molecule has 0 aliphatic carbocycles. The number of piperidine rings is 1. The van der Waals surface area contributed by atoms with Crippen LogP contribution in [0.5, 0.6) is 0 Å². The van der Waals surface area contributed by atoms with Crippen LogP contribution in [0, 0.1) is 5.92 Å². The van der Waals surface area contributed by atoms with Gasteiger partial charge in [0, 0.05) is 25.1 Å². The lowest BCUT2D eigenvalue weighted by Crippen LogP contribution is -2.35. The summed E-state index contributed by atoms with van der Waals surface area (Å²) in [4.78, 5) is 34.7. The lowest BCUT2D eigenvalue weighted by molar-refractivity contribution is -0.118. The number of carbonyl (C=O) groups is 2. The van der Waals surface area contributed by atoms with Crippen molar-refractivity contribution in [3.05, 3.63) is 54.1 Å². The number of aromatic carboxylic acids is 1. The molecular weight excluding hydrogens is 366 g/mol. The van der Waals surface area contributed by atoms with E-state index < -0.39 is 5.97 Å². The van der Waals surface area contributed by atoms with E-state index in [4.69, 9.17) is 9.97 Å². The first-order valence-corrected chi connectivity index (χ1v) is 9.86. The van der Waals surface area contributed by atoms with Crippen LogP contribution >= 0.6 is 0 Å². The summed E-state index contributed by atoms with van der Waals surface area (Å²) in [6, 6.07) is 14.8. The maximum atomic E-state index is 11.5. The van der Waals surface area contributed by atoms with Crippen molar-refractivity contribution in [1.82, 2.24) is 9.97 Å². The molecule has 3 aromatic rings. The normalized spacial score (nSPS) is 14.9. The molecule has 1 aliphatic heterocycles. The molecule has 0 saturated carbocycles. The zero-order chi connectivity index (χ0) is 20.4. The van der Waals surface area contributed by atoms with Crippen molar-refractivity contribution in [2.45, 2.75) is 26.2 Å². The number of hydrogen-bond acceptors (Lipinski definition) is 5. The monoisotopic (exact) mass is 389 g/mol. The molecule has 0 radical (unpaired) electrons. The highest BCUT2D eigenvalue weighted by molar-refractivity contribution is 5.93. The summed E-state index contributed by atoms with van der Waals surface area (Å²) in [6.45, 7) is 3.25. The lowest BCUT2D eigenvalue weighted by atomic mass is 9.92. The predicted molar refractivity (Wildman–Crippen MR) is 112 cm³/mol. The van der Waals surface area contributed by atoms with Gasteiger partial charge in [0.05, 0.1) is 16.6 Å². The van der Waals surface area contributed by atoms with Gasteiger partial charge in [-0.1, -0.05) is 30.3 Å². The first kappa shape index (κ1) is 19.1. The number of carbonyl (C=O) groups excluding carboxylic acids is 1. The first-order chi connectivity index (χ1) is 14.0. The van der Waals surface area contributed by atoms with Crippen molar-refractivity contribution >= 4 is 28.6 Å². The minimum Gasteiger partial charge on any atom is -0.478 e. The van der Waals surface area contributed by atoms with Gasteiger partial charge in [-0.2, -0.15) is 0 Å². The fraction of sp³-hybridized carbons (Fsp3) is 0.304. The topological polar surface area (TPSA) is 83.4 Å². The number of carboxylic acids is 1. The van der Waals surface area contributed by atoms with E-state index >= 15 is 0 Å². The summed E-state index contributed by atoms with van der Waals surface area (Å²) >= 11 is 0. The number of ketones is 1. The van der Waals surface area contributed by atoms with Crippen molar-refractivity contribution < 1.29 is 14.7 Å². The molecule has 1 saturated heterocycles. The zero-order valence-electron chi connectivity index (χ0n) is 16.3. The Morgan fingerprint density at radius 2 is 1.76 bits per heavy atom. The highest BCUT2D eigenvalue weighted by atomic mass is 16.4. The quantitative estimate of drug-likeness (QED) is 0.704. The number of benzene rings is 2. The summed E-state index contributed by atoms with van der Waals surface area (Å²) in [6.07, 6.45) is 2.50. The fourth-order valence-electron chi connectivity index (χ4n) is 3.94. The Morgan fingerprint density at radius 1 is 1.03 bits per heavy atom. The molecule has 0 amide bonds. The third kappa shape index (κ3) is 4.11. The zero-order valence-corrected chi connectivity index (χ0v) is 16.3. The van der Waals surface area contributed by atoms with Crippen molar-refractivity contribution in [1.29, 1.82) is 0 Å². The molecule has 2 heterocycles. The number of Topliss-reactive ketones (excluding diaryl/α,β-unsaturated/α-hetero) is 1. The molecule has 2 aromatic carbocycles. The van der Waals surface area contributed by atoms with Crippen LogP contribution in [-0.4, -0.2) is 39.9 Å². The Balaban J connectivity index is 1.75. The van der Waals surface area contributed by atoms with Gasteiger partial charge in [-0.05, 0) is 43.9 Å². The maximum absolute atomic E-state index is 11.5. The third-order valence-electron chi connectivity index (χ3n) is 5.43. The average molecular weight is 389 g/mol.